The summed E-state index contributed by atoms with van der Waals surface area (Å²) in [5.74, 6) is -0.183. The number of carbonyl (C=O) groups excluding carboxylic acids is 2. The van der Waals surface area contributed by atoms with Crippen molar-refractivity contribution in [2.24, 2.45) is 5.41 Å². The molecule has 0 atom stereocenters. The molecular formula is C19H26N2O2. The molecule has 3 rings (SSSR count). The first-order chi connectivity index (χ1) is 11.1. The van der Waals surface area contributed by atoms with E-state index in [9.17, 15) is 9.59 Å². The molecule has 0 heterocycles. The molecule has 23 heavy (non-hydrogen) atoms. The lowest BCUT2D eigenvalue weighted by Gasteiger charge is -2.25. The van der Waals surface area contributed by atoms with Crippen molar-refractivity contribution in [3.8, 4) is 0 Å². The van der Waals surface area contributed by atoms with Crippen molar-refractivity contribution >= 4 is 11.8 Å². The molecule has 0 bridgehead atoms. The van der Waals surface area contributed by atoms with Crippen LogP contribution in [0, 0.1) is 12.3 Å². The Morgan fingerprint density at radius 2 is 1.70 bits per heavy atom. The Kier molecular flexibility index (Phi) is 4.69. The minimum Gasteiger partial charge on any atom is -0.352 e. The molecule has 2 N–H and O–H groups in total. The number of aryl methyl sites for hydroxylation is 1. The van der Waals surface area contributed by atoms with Crippen LogP contribution in [-0.4, -0.2) is 17.9 Å². The summed E-state index contributed by atoms with van der Waals surface area (Å²) >= 11 is 0. The van der Waals surface area contributed by atoms with Gasteiger partial charge in [-0.15, -0.1) is 0 Å². The maximum Gasteiger partial charge on any atom is 0.235 e. The second-order valence-electron chi connectivity index (χ2n) is 7.06. The summed E-state index contributed by atoms with van der Waals surface area (Å²) in [6, 6.07) is 8.35. The third-order valence-corrected chi connectivity index (χ3v) is 5.13. The monoisotopic (exact) mass is 314 g/mol. The molecule has 0 aliphatic heterocycles. The maximum absolute atomic E-state index is 12.5. The zero-order valence-electron chi connectivity index (χ0n) is 13.9. The van der Waals surface area contributed by atoms with Crippen molar-refractivity contribution in [2.75, 3.05) is 0 Å². The summed E-state index contributed by atoms with van der Waals surface area (Å²) in [4.78, 5) is 25.0. The zero-order valence-corrected chi connectivity index (χ0v) is 13.9. The zero-order chi connectivity index (χ0) is 16.3. The van der Waals surface area contributed by atoms with E-state index in [4.69, 9.17) is 0 Å². The van der Waals surface area contributed by atoms with E-state index in [2.05, 4.69) is 10.6 Å². The summed E-state index contributed by atoms with van der Waals surface area (Å²) in [5, 5.41) is 6.05. The number of hydrogen-bond acceptors (Lipinski definition) is 2. The van der Waals surface area contributed by atoms with E-state index in [1.54, 1.807) is 0 Å². The highest BCUT2D eigenvalue weighted by Crippen LogP contribution is 2.46. The summed E-state index contributed by atoms with van der Waals surface area (Å²) in [6.07, 6.45) is 7.06. The Hall–Kier alpha value is -1.84. The van der Waals surface area contributed by atoms with E-state index in [0.29, 0.717) is 19.4 Å². The molecule has 0 radical (unpaired) electrons. The molecule has 0 aromatic heterocycles. The number of carbonyl (C=O) groups is 2. The van der Waals surface area contributed by atoms with Crippen LogP contribution in [0.3, 0.4) is 0 Å². The van der Waals surface area contributed by atoms with Crippen molar-refractivity contribution in [3.63, 3.8) is 0 Å². The minimum atomic E-state index is -0.803. The fourth-order valence-electron chi connectivity index (χ4n) is 3.31. The standard InChI is InChI=1S/C19H26N2O2/c1-14-7-9-15(10-8-14)13-20-17(22)19(11-12-19)18(23)21-16-5-3-2-4-6-16/h7-10,16H,2-6,11-13H2,1H3,(H,20,22)(H,21,23). The Balaban J connectivity index is 1.53. The SMILES string of the molecule is Cc1ccc(CNC(=O)C2(C(=O)NC3CCCCC3)CC2)cc1. The van der Waals surface area contributed by atoms with E-state index >= 15 is 0 Å². The molecule has 2 aliphatic rings. The van der Waals surface area contributed by atoms with E-state index in [1.165, 1.54) is 24.8 Å². The van der Waals surface area contributed by atoms with E-state index in [-0.39, 0.29) is 17.9 Å². The van der Waals surface area contributed by atoms with Gasteiger partial charge in [0, 0.05) is 12.6 Å². The average Bonchev–Trinajstić information content (AvgIpc) is 3.37. The van der Waals surface area contributed by atoms with E-state index in [1.807, 2.05) is 31.2 Å². The number of amides is 2. The fourth-order valence-corrected chi connectivity index (χ4v) is 3.31. The summed E-state index contributed by atoms with van der Waals surface area (Å²) < 4.78 is 0. The predicted molar refractivity (Wildman–Crippen MR) is 89.7 cm³/mol. The van der Waals surface area contributed by atoms with Crippen LogP contribution in [0.15, 0.2) is 24.3 Å². The molecule has 2 fully saturated rings. The molecule has 1 aromatic carbocycles. The molecule has 124 valence electrons. The van der Waals surface area contributed by atoms with E-state index < -0.39 is 5.41 Å². The van der Waals surface area contributed by atoms with E-state index in [0.717, 1.165) is 18.4 Å². The molecular weight excluding hydrogens is 288 g/mol. The topological polar surface area (TPSA) is 58.2 Å². The molecule has 0 spiro atoms. The van der Waals surface area contributed by atoms with Gasteiger partial charge in [0.05, 0.1) is 0 Å². The third-order valence-electron chi connectivity index (χ3n) is 5.13. The first-order valence-electron chi connectivity index (χ1n) is 8.75. The number of hydrogen-bond donors (Lipinski definition) is 2. The van der Waals surface area contributed by atoms with Crippen molar-refractivity contribution in [1.82, 2.24) is 10.6 Å². The fraction of sp³-hybridized carbons (Fsp3) is 0.579. The molecule has 2 aliphatic carbocycles. The summed E-state index contributed by atoms with van der Waals surface area (Å²) in [5.41, 5.74) is 1.46. The molecule has 0 unspecified atom stereocenters. The Labute approximate surface area is 138 Å². The quantitative estimate of drug-likeness (QED) is 0.821. The first-order valence-corrected chi connectivity index (χ1v) is 8.75. The minimum absolute atomic E-state index is 0.0641. The highest BCUT2D eigenvalue weighted by molar-refractivity contribution is 6.07. The molecule has 4 nitrogen and oxygen atoms in total. The number of rotatable bonds is 5. The molecule has 4 heteroatoms. The number of nitrogens with one attached hydrogen (secondary N) is 2. The number of benzene rings is 1. The lowest BCUT2D eigenvalue weighted by atomic mass is 9.94. The molecule has 1 aromatic rings. The Morgan fingerprint density at radius 3 is 2.30 bits per heavy atom. The Morgan fingerprint density at radius 1 is 1.04 bits per heavy atom. The summed E-state index contributed by atoms with van der Waals surface area (Å²) in [7, 11) is 0. The van der Waals surface area contributed by atoms with Gasteiger partial charge in [0.25, 0.3) is 0 Å². The van der Waals surface area contributed by atoms with Gasteiger partial charge in [0.2, 0.25) is 11.8 Å². The highest BCUT2D eigenvalue weighted by Gasteiger charge is 2.56. The van der Waals surface area contributed by atoms with Crippen LogP contribution in [0.25, 0.3) is 0 Å². The van der Waals surface area contributed by atoms with Crippen LogP contribution in [0.1, 0.15) is 56.1 Å². The average molecular weight is 314 g/mol. The maximum atomic E-state index is 12.5. The van der Waals surface area contributed by atoms with Gasteiger partial charge in [-0.05, 0) is 38.2 Å². The lowest BCUT2D eigenvalue weighted by molar-refractivity contribution is -0.137. The van der Waals surface area contributed by atoms with Gasteiger partial charge in [-0.3, -0.25) is 9.59 Å². The smallest absolute Gasteiger partial charge is 0.235 e. The molecule has 2 saturated carbocycles. The van der Waals surface area contributed by atoms with Gasteiger partial charge >= 0.3 is 0 Å². The largest absolute Gasteiger partial charge is 0.352 e. The van der Waals surface area contributed by atoms with Crippen LogP contribution < -0.4 is 10.6 Å². The van der Waals surface area contributed by atoms with Crippen molar-refractivity contribution in [3.05, 3.63) is 35.4 Å². The van der Waals surface area contributed by atoms with Crippen LogP contribution in [0.2, 0.25) is 0 Å². The van der Waals surface area contributed by atoms with Gasteiger partial charge in [-0.25, -0.2) is 0 Å². The van der Waals surface area contributed by atoms with Gasteiger partial charge < -0.3 is 10.6 Å². The normalized spacial score (nSPS) is 19.9. The van der Waals surface area contributed by atoms with Gasteiger partial charge in [-0.2, -0.15) is 0 Å². The Bertz CT molecular complexity index is 570. The third kappa shape index (κ3) is 3.74. The van der Waals surface area contributed by atoms with Crippen molar-refractivity contribution in [2.45, 2.75) is 64.5 Å². The van der Waals surface area contributed by atoms with Crippen LogP contribution in [0.4, 0.5) is 0 Å². The van der Waals surface area contributed by atoms with Crippen LogP contribution in [-0.2, 0) is 16.1 Å². The molecule has 2 amide bonds. The second kappa shape index (κ2) is 6.73. The first kappa shape index (κ1) is 16.0. The van der Waals surface area contributed by atoms with Gasteiger partial charge in [0.15, 0.2) is 0 Å². The van der Waals surface area contributed by atoms with Gasteiger partial charge in [-0.1, -0.05) is 49.1 Å². The van der Waals surface area contributed by atoms with Gasteiger partial charge in [0.1, 0.15) is 5.41 Å². The van der Waals surface area contributed by atoms with Crippen molar-refractivity contribution in [1.29, 1.82) is 0 Å². The summed E-state index contributed by atoms with van der Waals surface area (Å²) in [6.45, 7) is 2.52. The highest BCUT2D eigenvalue weighted by atomic mass is 16.2. The molecule has 0 saturated heterocycles. The van der Waals surface area contributed by atoms with Crippen LogP contribution >= 0.6 is 0 Å². The second-order valence-corrected chi connectivity index (χ2v) is 7.06. The predicted octanol–water partition coefficient (Wildman–Crippen LogP) is 2.84. The van der Waals surface area contributed by atoms with Crippen LogP contribution in [0.5, 0.6) is 0 Å². The lowest BCUT2D eigenvalue weighted by Crippen LogP contribution is -2.46. The van der Waals surface area contributed by atoms with Crippen molar-refractivity contribution < 1.29 is 9.59 Å².